The average molecular weight is 344 g/mol. The Labute approximate surface area is 125 Å². The number of hydrogen-bond donors (Lipinski definition) is 1. The zero-order chi connectivity index (χ0) is 14.0. The van der Waals surface area contributed by atoms with Crippen LogP contribution in [-0.2, 0) is 0 Å². The van der Waals surface area contributed by atoms with Crippen LogP contribution < -0.4 is 5.32 Å². The standard InChI is InChI=1S/C14H13BrClFN2/c1-8-5-6-18-14(16)13(8)19-9(2)11-7-10(15)3-4-12(11)17/h3-7,9,19H,1-2H3. The van der Waals surface area contributed by atoms with Gasteiger partial charge in [0, 0.05) is 16.2 Å². The number of nitrogens with zero attached hydrogens (tertiary/aromatic N) is 1. The maximum absolute atomic E-state index is 13.8. The zero-order valence-corrected chi connectivity index (χ0v) is 12.9. The van der Waals surface area contributed by atoms with Crippen LogP contribution in [0.3, 0.4) is 0 Å². The van der Waals surface area contributed by atoms with E-state index in [0.717, 1.165) is 15.7 Å². The molecule has 1 aromatic heterocycles. The van der Waals surface area contributed by atoms with Crippen LogP contribution in [0.25, 0.3) is 0 Å². The molecule has 1 atom stereocenters. The van der Waals surface area contributed by atoms with Crippen molar-refractivity contribution in [2.45, 2.75) is 19.9 Å². The van der Waals surface area contributed by atoms with Crippen molar-refractivity contribution in [1.29, 1.82) is 0 Å². The lowest BCUT2D eigenvalue weighted by Gasteiger charge is -2.18. The molecule has 2 nitrogen and oxygen atoms in total. The quantitative estimate of drug-likeness (QED) is 0.783. The third-order valence-electron chi connectivity index (χ3n) is 2.90. The van der Waals surface area contributed by atoms with E-state index in [9.17, 15) is 4.39 Å². The summed E-state index contributed by atoms with van der Waals surface area (Å²) < 4.78 is 14.7. The summed E-state index contributed by atoms with van der Waals surface area (Å²) in [4.78, 5) is 4.03. The molecule has 0 amide bonds. The summed E-state index contributed by atoms with van der Waals surface area (Å²) >= 11 is 9.40. The fourth-order valence-electron chi connectivity index (χ4n) is 1.84. The van der Waals surface area contributed by atoms with E-state index >= 15 is 0 Å². The third kappa shape index (κ3) is 3.25. The SMILES string of the molecule is Cc1ccnc(Cl)c1NC(C)c1cc(Br)ccc1F. The van der Waals surface area contributed by atoms with Crippen molar-refractivity contribution in [3.8, 4) is 0 Å². The van der Waals surface area contributed by atoms with Crippen molar-refractivity contribution < 1.29 is 4.39 Å². The Bertz CT molecular complexity index is 584. The number of aryl methyl sites for hydroxylation is 1. The Morgan fingerprint density at radius 1 is 1.37 bits per heavy atom. The van der Waals surface area contributed by atoms with Gasteiger partial charge in [0.15, 0.2) is 5.15 Å². The molecule has 0 spiro atoms. The molecular formula is C14H13BrClFN2. The van der Waals surface area contributed by atoms with E-state index < -0.39 is 0 Å². The number of benzene rings is 1. The van der Waals surface area contributed by atoms with Gasteiger partial charge in [0.2, 0.25) is 0 Å². The van der Waals surface area contributed by atoms with E-state index in [1.54, 1.807) is 18.3 Å². The number of aromatic nitrogens is 1. The van der Waals surface area contributed by atoms with Gasteiger partial charge in [0.25, 0.3) is 0 Å². The number of hydrogen-bond acceptors (Lipinski definition) is 2. The Kier molecular flexibility index (Phi) is 4.42. The summed E-state index contributed by atoms with van der Waals surface area (Å²) in [5.74, 6) is -0.249. The van der Waals surface area contributed by atoms with Gasteiger partial charge in [-0.05, 0) is 43.7 Å². The first-order valence-corrected chi connectivity index (χ1v) is 6.98. The van der Waals surface area contributed by atoms with E-state index in [-0.39, 0.29) is 11.9 Å². The monoisotopic (exact) mass is 342 g/mol. The Balaban J connectivity index is 2.31. The molecule has 2 rings (SSSR count). The average Bonchev–Trinajstić information content (AvgIpc) is 2.37. The molecule has 1 N–H and O–H groups in total. The Morgan fingerprint density at radius 2 is 2.11 bits per heavy atom. The predicted octanol–water partition coefficient (Wildman–Crippen LogP) is 5.12. The highest BCUT2D eigenvalue weighted by Crippen LogP contribution is 2.29. The molecule has 1 heterocycles. The van der Waals surface area contributed by atoms with E-state index in [0.29, 0.717) is 10.7 Å². The van der Waals surface area contributed by atoms with Crippen molar-refractivity contribution in [3.05, 3.63) is 57.0 Å². The van der Waals surface area contributed by atoms with Crippen molar-refractivity contribution in [3.63, 3.8) is 0 Å². The van der Waals surface area contributed by atoms with Crippen LogP contribution in [-0.4, -0.2) is 4.98 Å². The number of halogens is 3. The fraction of sp³-hybridized carbons (Fsp3) is 0.214. The van der Waals surface area contributed by atoms with Crippen LogP contribution in [0.15, 0.2) is 34.9 Å². The van der Waals surface area contributed by atoms with Crippen LogP contribution in [0.5, 0.6) is 0 Å². The fourth-order valence-corrected chi connectivity index (χ4v) is 2.48. The smallest absolute Gasteiger partial charge is 0.152 e. The maximum Gasteiger partial charge on any atom is 0.152 e. The number of anilines is 1. The van der Waals surface area contributed by atoms with Crippen LogP contribution in [0.2, 0.25) is 5.15 Å². The second-order valence-corrected chi connectivity index (χ2v) is 5.60. The van der Waals surface area contributed by atoms with Gasteiger partial charge in [-0.3, -0.25) is 0 Å². The number of pyridine rings is 1. The highest BCUT2D eigenvalue weighted by Gasteiger charge is 2.14. The third-order valence-corrected chi connectivity index (χ3v) is 3.68. The molecule has 0 fully saturated rings. The van der Waals surface area contributed by atoms with E-state index in [2.05, 4.69) is 26.2 Å². The van der Waals surface area contributed by atoms with Crippen molar-refractivity contribution in [2.24, 2.45) is 0 Å². The largest absolute Gasteiger partial charge is 0.376 e. The van der Waals surface area contributed by atoms with Crippen LogP contribution in [0, 0.1) is 12.7 Å². The molecule has 100 valence electrons. The first-order valence-electron chi connectivity index (χ1n) is 5.81. The lowest BCUT2D eigenvalue weighted by atomic mass is 10.1. The van der Waals surface area contributed by atoms with Gasteiger partial charge in [-0.25, -0.2) is 9.37 Å². The summed E-state index contributed by atoms with van der Waals surface area (Å²) in [6, 6.07) is 6.52. The topological polar surface area (TPSA) is 24.9 Å². The van der Waals surface area contributed by atoms with Crippen molar-refractivity contribution in [1.82, 2.24) is 4.98 Å². The Morgan fingerprint density at radius 3 is 2.79 bits per heavy atom. The lowest BCUT2D eigenvalue weighted by molar-refractivity contribution is 0.600. The highest BCUT2D eigenvalue weighted by molar-refractivity contribution is 9.10. The summed E-state index contributed by atoms with van der Waals surface area (Å²) in [6.45, 7) is 3.81. The molecule has 19 heavy (non-hydrogen) atoms. The molecule has 0 radical (unpaired) electrons. The maximum atomic E-state index is 13.8. The Hall–Kier alpha value is -1.13. The van der Waals surface area contributed by atoms with Crippen LogP contribution in [0.1, 0.15) is 24.1 Å². The summed E-state index contributed by atoms with van der Waals surface area (Å²) in [5.41, 5.74) is 2.28. The van der Waals surface area contributed by atoms with E-state index in [1.165, 1.54) is 6.07 Å². The van der Waals surface area contributed by atoms with Crippen LogP contribution >= 0.6 is 27.5 Å². The van der Waals surface area contributed by atoms with Gasteiger partial charge in [-0.15, -0.1) is 0 Å². The minimum Gasteiger partial charge on any atom is -0.376 e. The minimum atomic E-state index is -0.249. The molecule has 0 aliphatic rings. The number of rotatable bonds is 3. The minimum absolute atomic E-state index is 0.210. The number of nitrogens with one attached hydrogen (secondary N) is 1. The van der Waals surface area contributed by atoms with Gasteiger partial charge in [-0.2, -0.15) is 0 Å². The zero-order valence-electron chi connectivity index (χ0n) is 10.5. The predicted molar refractivity (Wildman–Crippen MR) is 80.1 cm³/mol. The van der Waals surface area contributed by atoms with Gasteiger partial charge in [0.05, 0.1) is 11.7 Å². The van der Waals surface area contributed by atoms with E-state index in [4.69, 9.17) is 11.6 Å². The van der Waals surface area contributed by atoms with Gasteiger partial charge >= 0.3 is 0 Å². The first kappa shape index (κ1) is 14.3. The molecule has 1 aromatic carbocycles. The van der Waals surface area contributed by atoms with Gasteiger partial charge in [0.1, 0.15) is 5.82 Å². The molecule has 0 aliphatic heterocycles. The molecule has 0 saturated heterocycles. The highest BCUT2D eigenvalue weighted by atomic mass is 79.9. The van der Waals surface area contributed by atoms with E-state index in [1.807, 2.05) is 19.9 Å². The lowest BCUT2D eigenvalue weighted by Crippen LogP contribution is -2.10. The molecular weight excluding hydrogens is 331 g/mol. The molecule has 0 aliphatic carbocycles. The van der Waals surface area contributed by atoms with Crippen molar-refractivity contribution >= 4 is 33.2 Å². The molecule has 1 unspecified atom stereocenters. The first-order chi connectivity index (χ1) is 8.99. The normalized spacial score (nSPS) is 12.3. The van der Waals surface area contributed by atoms with Gasteiger partial charge in [-0.1, -0.05) is 27.5 Å². The molecule has 5 heteroatoms. The van der Waals surface area contributed by atoms with Crippen LogP contribution in [0.4, 0.5) is 10.1 Å². The van der Waals surface area contributed by atoms with Crippen molar-refractivity contribution in [2.75, 3.05) is 5.32 Å². The molecule has 0 bridgehead atoms. The molecule has 2 aromatic rings. The summed E-state index contributed by atoms with van der Waals surface area (Å²) in [7, 11) is 0. The summed E-state index contributed by atoms with van der Waals surface area (Å²) in [5, 5.41) is 3.60. The molecule has 0 saturated carbocycles. The van der Waals surface area contributed by atoms with Gasteiger partial charge < -0.3 is 5.32 Å². The second-order valence-electron chi connectivity index (χ2n) is 4.33. The second kappa shape index (κ2) is 5.88. The summed E-state index contributed by atoms with van der Waals surface area (Å²) in [6.07, 6.45) is 1.65.